The average Bonchev–Trinajstić information content (AvgIpc) is 3.66. The first kappa shape index (κ1) is 37.8. The van der Waals surface area contributed by atoms with Crippen molar-refractivity contribution < 1.29 is 49.0 Å². The van der Waals surface area contributed by atoms with Crippen molar-refractivity contribution in [3.8, 4) is 11.1 Å². The maximum Gasteiger partial charge on any atom is -1.00 e. The predicted octanol–water partition coefficient (Wildman–Crippen LogP) is 5.16. The zero-order chi connectivity index (χ0) is 30.3. The third-order valence-electron chi connectivity index (χ3n) is 7.07. The molecule has 5 heteroatoms. The molecule has 6 rings (SSSR count). The first-order valence-electron chi connectivity index (χ1n) is 13.8. The van der Waals surface area contributed by atoms with Crippen molar-refractivity contribution in [1.29, 1.82) is 0 Å². The average molecular weight is 736 g/mol. The summed E-state index contributed by atoms with van der Waals surface area (Å²) in [5, 5.41) is 1.53. The van der Waals surface area contributed by atoms with E-state index < -0.39 is 0 Å². The Morgan fingerprint density at radius 3 is 1.89 bits per heavy atom. The van der Waals surface area contributed by atoms with E-state index in [1.807, 2.05) is 54.6 Å². The van der Waals surface area contributed by atoms with Gasteiger partial charge in [0.2, 0.25) is 0 Å². The molecule has 0 unspecified atom stereocenters. The Bertz CT molecular complexity index is 1610. The van der Waals surface area contributed by atoms with E-state index in [2.05, 4.69) is 101 Å². The maximum atomic E-state index is 5.98. The standard InChI is InChI=1S/C17H13.C13H8Cl2.C9H13.2ClH.Zr/c1-3-12-5-7-14-11-15-8-6-13(4-2)10-17(15)16(14)9-12;14-12-5-1-3-10(8-12)7-11-4-2-6-13(15)9-11;1-9(2,3)8-6-4-5-7-8;;;/h3-7,9-10H,1-2,11H2;1-6,8-9H;4-7H,1-3H3;2*1H;/q-1;;-1;;;+2/p-2. The molecular weight excluding hydrogens is 701 g/mol. The molecular formula is C39H34Cl4Zr-2. The minimum atomic E-state index is 0. The molecule has 0 amide bonds. The molecule has 44 heavy (non-hydrogen) atoms. The smallest absolute Gasteiger partial charge is 1.00 e. The van der Waals surface area contributed by atoms with Gasteiger partial charge in [-0.3, -0.25) is 0 Å². The van der Waals surface area contributed by atoms with Gasteiger partial charge in [-0.2, -0.15) is 47.5 Å². The molecule has 0 aliphatic heterocycles. The second-order valence-electron chi connectivity index (χ2n) is 11.1. The number of halogens is 4. The molecule has 224 valence electrons. The van der Waals surface area contributed by atoms with Gasteiger partial charge in [-0.15, -0.1) is 23.8 Å². The summed E-state index contributed by atoms with van der Waals surface area (Å²) in [4.78, 5) is 0. The summed E-state index contributed by atoms with van der Waals surface area (Å²) in [7, 11) is 0. The van der Waals surface area contributed by atoms with Crippen LogP contribution in [-0.4, -0.2) is 3.21 Å². The molecule has 0 spiro atoms. The van der Waals surface area contributed by atoms with Crippen LogP contribution in [0.2, 0.25) is 10.0 Å². The Balaban J connectivity index is 0.000000235. The van der Waals surface area contributed by atoms with Gasteiger partial charge in [0.15, 0.2) is 0 Å². The summed E-state index contributed by atoms with van der Waals surface area (Å²) < 4.78 is 1.26. The molecule has 0 saturated carbocycles. The largest absolute Gasteiger partial charge is 1.00 e. The van der Waals surface area contributed by atoms with Gasteiger partial charge in [0.05, 0.1) is 0 Å². The van der Waals surface area contributed by atoms with Crippen LogP contribution in [0.25, 0.3) is 23.3 Å². The zero-order valence-electron chi connectivity index (χ0n) is 25.1. The summed E-state index contributed by atoms with van der Waals surface area (Å²) in [6.45, 7) is 14.3. The van der Waals surface area contributed by atoms with Crippen LogP contribution >= 0.6 is 23.2 Å². The van der Waals surface area contributed by atoms with Crippen molar-refractivity contribution in [2.45, 2.75) is 32.6 Å². The first-order chi connectivity index (χ1) is 20.1. The number of hydrogen-bond donors (Lipinski definition) is 0. The Kier molecular flexibility index (Phi) is 14.9. The van der Waals surface area contributed by atoms with Crippen LogP contribution in [0.5, 0.6) is 0 Å². The third kappa shape index (κ3) is 10.1. The normalized spacial score (nSPS) is 10.7. The summed E-state index contributed by atoms with van der Waals surface area (Å²) >= 11 is 13.3. The Morgan fingerprint density at radius 1 is 0.818 bits per heavy atom. The minimum absolute atomic E-state index is 0. The summed E-state index contributed by atoms with van der Waals surface area (Å²) in [6.07, 6.45) is 4.74. The van der Waals surface area contributed by atoms with Gasteiger partial charge in [0.1, 0.15) is 0 Å². The molecule has 0 radical (unpaired) electrons. The van der Waals surface area contributed by atoms with E-state index in [9.17, 15) is 0 Å². The van der Waals surface area contributed by atoms with Gasteiger partial charge < -0.3 is 24.8 Å². The summed E-state index contributed by atoms with van der Waals surface area (Å²) in [5.41, 5.74) is 11.6. The first-order valence-corrected chi connectivity index (χ1v) is 15.8. The molecule has 0 aromatic heterocycles. The van der Waals surface area contributed by atoms with Crippen LogP contribution in [0, 0.1) is 6.07 Å². The Labute approximate surface area is 300 Å². The monoisotopic (exact) mass is 732 g/mol. The van der Waals surface area contributed by atoms with Gasteiger partial charge in [0.25, 0.3) is 0 Å². The van der Waals surface area contributed by atoms with Crippen LogP contribution in [0.3, 0.4) is 0 Å². The molecule has 0 fully saturated rings. The van der Waals surface area contributed by atoms with Gasteiger partial charge in [-0.05, 0) is 12.0 Å². The SMILES string of the molecule is C=Cc1c[c-]c2c(c1)-c1cc(C=C)ccc1C2.CC(C)(C)c1cc[cH-]c1.Clc1cccc([C](=[Zr+2])c2cccc(Cl)c2)c1.[Cl-].[Cl-]. The molecule has 0 atom stereocenters. The van der Waals surface area contributed by atoms with Crippen LogP contribution in [-0.2, 0) is 36.1 Å². The van der Waals surface area contributed by atoms with Crippen molar-refractivity contribution in [2.75, 3.05) is 0 Å². The summed E-state index contributed by atoms with van der Waals surface area (Å²) in [5.74, 6) is 0. The van der Waals surface area contributed by atoms with Crippen LogP contribution < -0.4 is 24.8 Å². The van der Waals surface area contributed by atoms with E-state index in [0.717, 1.165) is 33.2 Å². The van der Waals surface area contributed by atoms with E-state index in [-0.39, 0.29) is 24.8 Å². The minimum Gasteiger partial charge on any atom is -1.00 e. The van der Waals surface area contributed by atoms with Crippen LogP contribution in [0.4, 0.5) is 0 Å². The zero-order valence-corrected chi connectivity index (χ0v) is 30.6. The number of rotatable bonds is 4. The molecule has 0 heterocycles. The van der Waals surface area contributed by atoms with Gasteiger partial charge in [0, 0.05) is 0 Å². The quantitative estimate of drug-likeness (QED) is 0.220. The molecule has 5 aromatic rings. The molecule has 0 bridgehead atoms. The van der Waals surface area contributed by atoms with Gasteiger partial charge in [-0.1, -0.05) is 68.2 Å². The van der Waals surface area contributed by atoms with E-state index in [1.54, 1.807) is 0 Å². The fourth-order valence-corrected chi connectivity index (χ4v) is 5.84. The van der Waals surface area contributed by atoms with E-state index in [4.69, 9.17) is 23.2 Å². The van der Waals surface area contributed by atoms with Crippen molar-refractivity contribution in [3.63, 3.8) is 0 Å². The molecule has 5 aromatic carbocycles. The summed E-state index contributed by atoms with van der Waals surface area (Å²) in [6, 6.07) is 38.3. The van der Waals surface area contributed by atoms with E-state index in [1.165, 1.54) is 60.8 Å². The van der Waals surface area contributed by atoms with Gasteiger partial charge in [-0.25, -0.2) is 6.07 Å². The van der Waals surface area contributed by atoms with E-state index in [0.29, 0.717) is 5.41 Å². The predicted molar refractivity (Wildman–Crippen MR) is 181 cm³/mol. The van der Waals surface area contributed by atoms with Crippen molar-refractivity contribution >= 4 is 38.6 Å². The van der Waals surface area contributed by atoms with Crippen molar-refractivity contribution in [2.24, 2.45) is 0 Å². The maximum absolute atomic E-state index is 5.98. The Morgan fingerprint density at radius 2 is 1.41 bits per heavy atom. The van der Waals surface area contributed by atoms with Crippen molar-refractivity contribution in [1.82, 2.24) is 0 Å². The van der Waals surface area contributed by atoms with Crippen LogP contribution in [0.1, 0.15) is 59.7 Å². The second-order valence-corrected chi connectivity index (χ2v) is 13.2. The van der Waals surface area contributed by atoms with Crippen LogP contribution in [0.15, 0.2) is 116 Å². The molecule has 0 N–H and O–H groups in total. The molecule has 0 saturated heterocycles. The molecule has 1 aliphatic carbocycles. The van der Waals surface area contributed by atoms with Gasteiger partial charge >= 0.3 is 120 Å². The molecule has 1 aliphatic rings. The fraction of sp³-hybridized carbons (Fsp3) is 0.128. The third-order valence-corrected chi connectivity index (χ3v) is 8.96. The Hall–Kier alpha value is -2.38. The van der Waals surface area contributed by atoms with Crippen molar-refractivity contribution in [3.05, 3.63) is 171 Å². The topological polar surface area (TPSA) is 0 Å². The second kappa shape index (κ2) is 17.4. The number of hydrogen-bond acceptors (Lipinski definition) is 0. The fourth-order valence-electron chi connectivity index (χ4n) is 4.69. The number of fused-ring (bicyclic) bond motifs is 3. The molecule has 0 nitrogen and oxygen atoms in total. The number of benzene rings is 4. The van der Waals surface area contributed by atoms with E-state index >= 15 is 0 Å².